The van der Waals surface area contributed by atoms with Crippen molar-refractivity contribution >= 4 is 17.7 Å². The van der Waals surface area contributed by atoms with E-state index >= 15 is 0 Å². The lowest BCUT2D eigenvalue weighted by molar-refractivity contribution is 0.0953. The van der Waals surface area contributed by atoms with Crippen molar-refractivity contribution in [1.29, 1.82) is 0 Å². The van der Waals surface area contributed by atoms with Gasteiger partial charge >= 0.3 is 0 Å². The lowest BCUT2D eigenvalue weighted by Crippen LogP contribution is -2.29. The second-order valence-electron chi connectivity index (χ2n) is 3.97. The fourth-order valence-corrected chi connectivity index (χ4v) is 2.32. The highest BCUT2D eigenvalue weighted by atomic mass is 32.2. The second-order valence-corrected chi connectivity index (χ2v) is 5.00. The number of nitrogens with one attached hydrogen (secondary N) is 1. The molecule has 0 saturated carbocycles. The third kappa shape index (κ3) is 4.77. The van der Waals surface area contributed by atoms with Crippen molar-refractivity contribution < 1.29 is 9.90 Å². The molecule has 0 aliphatic rings. The van der Waals surface area contributed by atoms with Crippen molar-refractivity contribution in [2.75, 3.05) is 12.4 Å². The number of rotatable bonds is 6. The van der Waals surface area contributed by atoms with Gasteiger partial charge in [-0.1, -0.05) is 19.1 Å². The number of carbonyl (C=O) groups is 1. The molecule has 0 bridgehead atoms. The second kappa shape index (κ2) is 7.32. The Bertz CT molecular complexity index is 354. The largest absolute Gasteiger partial charge is 0.396 e. The summed E-state index contributed by atoms with van der Waals surface area (Å²) < 4.78 is 0. The van der Waals surface area contributed by atoms with Crippen LogP contribution in [-0.2, 0) is 5.75 Å². The van der Waals surface area contributed by atoms with Gasteiger partial charge in [-0.15, -0.1) is 0 Å². The van der Waals surface area contributed by atoms with Crippen LogP contribution >= 0.6 is 11.8 Å². The molecule has 0 aromatic heterocycles. The van der Waals surface area contributed by atoms with Crippen LogP contribution in [-0.4, -0.2) is 23.4 Å². The Morgan fingerprint density at radius 2 is 2.12 bits per heavy atom. The summed E-state index contributed by atoms with van der Waals surface area (Å²) in [4.78, 5) is 11.2. The Balaban J connectivity index is 2.43. The maximum atomic E-state index is 11.2. The quantitative estimate of drug-likeness (QED) is 0.404. The first-order valence-electron chi connectivity index (χ1n) is 5.46. The van der Waals surface area contributed by atoms with Crippen molar-refractivity contribution in [2.45, 2.75) is 12.7 Å². The lowest BCUT2D eigenvalue weighted by Gasteiger charge is -2.07. The number of nitrogen functional groups attached to an aromatic ring is 1. The summed E-state index contributed by atoms with van der Waals surface area (Å²) in [5.41, 5.74) is 3.82. The van der Waals surface area contributed by atoms with Crippen LogP contribution in [0.3, 0.4) is 0 Å². The fraction of sp³-hybridized carbons (Fsp3) is 0.417. The van der Waals surface area contributed by atoms with Crippen LogP contribution in [0.1, 0.15) is 22.8 Å². The van der Waals surface area contributed by atoms with E-state index in [9.17, 15) is 4.79 Å². The molecule has 4 N–H and O–H groups in total. The summed E-state index contributed by atoms with van der Waals surface area (Å²) in [6.45, 7) is 2.24. The average molecular weight is 254 g/mol. The molecule has 0 aliphatic heterocycles. The normalized spacial score (nSPS) is 12.2. The van der Waals surface area contributed by atoms with Crippen LogP contribution in [0, 0.1) is 5.92 Å². The van der Waals surface area contributed by atoms with Crippen LogP contribution in [0.15, 0.2) is 24.3 Å². The Morgan fingerprint density at radius 3 is 2.65 bits per heavy atom. The molecule has 94 valence electrons. The molecule has 0 fully saturated rings. The summed E-state index contributed by atoms with van der Waals surface area (Å²) >= 11 is 1.77. The Kier molecular flexibility index (Phi) is 6.04. The Labute approximate surface area is 106 Å². The van der Waals surface area contributed by atoms with E-state index in [1.54, 1.807) is 23.9 Å². The highest BCUT2D eigenvalue weighted by Gasteiger charge is 2.03. The monoisotopic (exact) mass is 254 g/mol. The average Bonchev–Trinajstić information content (AvgIpc) is 2.38. The molecule has 0 radical (unpaired) electrons. The molecule has 1 rings (SSSR count). The maximum Gasteiger partial charge on any atom is 0.265 e. The van der Waals surface area contributed by atoms with Gasteiger partial charge in [0, 0.05) is 17.9 Å². The number of benzene rings is 1. The van der Waals surface area contributed by atoms with Crippen LogP contribution < -0.4 is 11.3 Å². The minimum absolute atomic E-state index is 0.225. The van der Waals surface area contributed by atoms with E-state index in [4.69, 9.17) is 10.9 Å². The van der Waals surface area contributed by atoms with E-state index in [-0.39, 0.29) is 12.5 Å². The first-order valence-corrected chi connectivity index (χ1v) is 6.61. The molecule has 1 aromatic rings. The zero-order valence-corrected chi connectivity index (χ0v) is 10.7. The van der Waals surface area contributed by atoms with Gasteiger partial charge in [0.05, 0.1) is 0 Å². The van der Waals surface area contributed by atoms with E-state index in [0.29, 0.717) is 11.5 Å². The molecule has 0 aliphatic carbocycles. The number of thioether (sulfide) groups is 1. The fourth-order valence-electron chi connectivity index (χ4n) is 1.27. The Morgan fingerprint density at radius 1 is 1.47 bits per heavy atom. The summed E-state index contributed by atoms with van der Waals surface area (Å²) in [6, 6.07) is 7.35. The first kappa shape index (κ1) is 14.0. The number of aliphatic hydroxyl groups excluding tert-OH is 1. The van der Waals surface area contributed by atoms with E-state index < -0.39 is 0 Å². The standard InChI is InChI=1S/C12H18N2O2S/c1-9(6-15)7-17-8-10-2-4-11(5-3-10)12(16)14-13/h2-5,9,15H,6-8,13H2,1H3,(H,14,16). The van der Waals surface area contributed by atoms with Gasteiger partial charge < -0.3 is 5.11 Å². The Hall–Kier alpha value is -1.04. The molecular formula is C12H18N2O2S. The predicted octanol–water partition coefficient (Wildman–Crippen LogP) is 1.15. The minimum Gasteiger partial charge on any atom is -0.396 e. The van der Waals surface area contributed by atoms with E-state index in [1.165, 1.54) is 0 Å². The van der Waals surface area contributed by atoms with Gasteiger partial charge in [0.25, 0.3) is 5.91 Å². The van der Waals surface area contributed by atoms with Gasteiger partial charge in [-0.05, 0) is 29.4 Å². The SMILES string of the molecule is CC(CO)CSCc1ccc(C(=O)NN)cc1. The predicted molar refractivity (Wildman–Crippen MR) is 70.5 cm³/mol. The lowest BCUT2D eigenvalue weighted by atomic mass is 10.1. The highest BCUT2D eigenvalue weighted by Crippen LogP contribution is 2.15. The molecule has 17 heavy (non-hydrogen) atoms. The van der Waals surface area contributed by atoms with Gasteiger partial charge in [0.15, 0.2) is 0 Å². The van der Waals surface area contributed by atoms with Gasteiger partial charge in [-0.3, -0.25) is 10.2 Å². The van der Waals surface area contributed by atoms with Crippen molar-refractivity contribution in [3.05, 3.63) is 35.4 Å². The van der Waals surface area contributed by atoms with E-state index in [2.05, 4.69) is 5.43 Å². The number of amides is 1. The zero-order valence-electron chi connectivity index (χ0n) is 9.85. The maximum absolute atomic E-state index is 11.2. The number of hydrogen-bond acceptors (Lipinski definition) is 4. The third-order valence-corrected chi connectivity index (χ3v) is 3.67. The van der Waals surface area contributed by atoms with Crippen LogP contribution in [0.2, 0.25) is 0 Å². The summed E-state index contributed by atoms with van der Waals surface area (Å²) in [6.07, 6.45) is 0. The molecule has 1 amide bonds. The zero-order chi connectivity index (χ0) is 12.7. The smallest absolute Gasteiger partial charge is 0.265 e. The molecule has 0 spiro atoms. The topological polar surface area (TPSA) is 75.3 Å². The molecule has 1 unspecified atom stereocenters. The van der Waals surface area contributed by atoms with E-state index in [1.807, 2.05) is 19.1 Å². The van der Waals surface area contributed by atoms with Gasteiger partial charge in [-0.2, -0.15) is 11.8 Å². The number of carbonyl (C=O) groups excluding carboxylic acids is 1. The van der Waals surface area contributed by atoms with E-state index in [0.717, 1.165) is 17.1 Å². The molecular weight excluding hydrogens is 236 g/mol. The molecule has 4 nitrogen and oxygen atoms in total. The molecule has 0 heterocycles. The third-order valence-electron chi connectivity index (χ3n) is 2.33. The molecule has 0 saturated heterocycles. The summed E-state index contributed by atoms with van der Waals surface area (Å²) in [7, 11) is 0. The van der Waals surface area contributed by atoms with Gasteiger partial charge in [-0.25, -0.2) is 5.84 Å². The number of hydrazine groups is 1. The summed E-state index contributed by atoms with van der Waals surface area (Å²) in [5.74, 6) is 6.90. The number of nitrogens with two attached hydrogens (primary N) is 1. The van der Waals surface area contributed by atoms with Crippen molar-refractivity contribution in [1.82, 2.24) is 5.43 Å². The van der Waals surface area contributed by atoms with Crippen molar-refractivity contribution in [3.63, 3.8) is 0 Å². The highest BCUT2D eigenvalue weighted by molar-refractivity contribution is 7.98. The summed E-state index contributed by atoms with van der Waals surface area (Å²) in [5, 5.41) is 8.89. The minimum atomic E-state index is -0.280. The van der Waals surface area contributed by atoms with Crippen LogP contribution in [0.4, 0.5) is 0 Å². The van der Waals surface area contributed by atoms with Crippen LogP contribution in [0.5, 0.6) is 0 Å². The number of aliphatic hydroxyl groups is 1. The number of hydrogen-bond donors (Lipinski definition) is 3. The van der Waals surface area contributed by atoms with Crippen LogP contribution in [0.25, 0.3) is 0 Å². The van der Waals surface area contributed by atoms with Crippen molar-refractivity contribution in [2.24, 2.45) is 11.8 Å². The molecule has 5 heteroatoms. The molecule has 1 atom stereocenters. The first-order chi connectivity index (χ1) is 8.17. The van der Waals surface area contributed by atoms with Crippen molar-refractivity contribution in [3.8, 4) is 0 Å². The van der Waals surface area contributed by atoms with Gasteiger partial charge in [0.2, 0.25) is 0 Å². The molecule has 1 aromatic carbocycles. The van der Waals surface area contributed by atoms with Gasteiger partial charge in [0.1, 0.15) is 0 Å².